The van der Waals surface area contributed by atoms with E-state index >= 15 is 0 Å². The maximum absolute atomic E-state index is 12.3. The summed E-state index contributed by atoms with van der Waals surface area (Å²) in [5, 5.41) is 3.31. The summed E-state index contributed by atoms with van der Waals surface area (Å²) in [5.41, 5.74) is 1.06. The van der Waals surface area contributed by atoms with Crippen molar-refractivity contribution < 1.29 is 17.9 Å². The maximum atomic E-state index is 12.3. The van der Waals surface area contributed by atoms with Gasteiger partial charge in [-0.05, 0) is 31.5 Å². The zero-order chi connectivity index (χ0) is 15.3. The fourth-order valence-corrected chi connectivity index (χ4v) is 2.74. The van der Waals surface area contributed by atoms with Gasteiger partial charge in [0.05, 0.1) is 13.7 Å². The van der Waals surface area contributed by atoms with E-state index in [1.54, 1.807) is 7.11 Å². The molecule has 0 aliphatic carbocycles. The van der Waals surface area contributed by atoms with Crippen LogP contribution in [0.1, 0.15) is 12.0 Å². The molecule has 3 nitrogen and oxygen atoms in total. The molecule has 1 unspecified atom stereocenters. The van der Waals surface area contributed by atoms with Gasteiger partial charge in [-0.25, -0.2) is 0 Å². The molecule has 1 aromatic carbocycles. The molecule has 1 aliphatic rings. The molecule has 1 saturated heterocycles. The Morgan fingerprint density at radius 3 is 2.81 bits per heavy atom. The van der Waals surface area contributed by atoms with Crippen molar-refractivity contribution in [3.05, 3.63) is 29.8 Å². The monoisotopic (exact) mass is 302 g/mol. The molecule has 0 radical (unpaired) electrons. The van der Waals surface area contributed by atoms with E-state index in [9.17, 15) is 13.2 Å². The molecule has 118 valence electrons. The predicted octanol–water partition coefficient (Wildman–Crippen LogP) is 2.67. The Labute approximate surface area is 123 Å². The van der Waals surface area contributed by atoms with Gasteiger partial charge < -0.3 is 10.1 Å². The van der Waals surface area contributed by atoms with Crippen molar-refractivity contribution >= 4 is 0 Å². The Morgan fingerprint density at radius 1 is 1.33 bits per heavy atom. The predicted molar refractivity (Wildman–Crippen MR) is 75.3 cm³/mol. The number of methoxy groups -OCH3 is 1. The number of ether oxygens (including phenoxy) is 1. The molecule has 1 fully saturated rings. The third-order valence-corrected chi connectivity index (χ3v) is 3.71. The van der Waals surface area contributed by atoms with Crippen LogP contribution in [0, 0.1) is 5.92 Å². The van der Waals surface area contributed by atoms with E-state index in [0.717, 1.165) is 24.3 Å². The zero-order valence-electron chi connectivity index (χ0n) is 12.1. The number of benzene rings is 1. The lowest BCUT2D eigenvalue weighted by atomic mass is 10.1. The van der Waals surface area contributed by atoms with Gasteiger partial charge in [0, 0.05) is 18.7 Å². The minimum Gasteiger partial charge on any atom is -0.496 e. The molecule has 1 N–H and O–H groups in total. The second-order valence-corrected chi connectivity index (χ2v) is 5.45. The van der Waals surface area contributed by atoms with Crippen LogP contribution in [-0.4, -0.2) is 44.4 Å². The van der Waals surface area contributed by atoms with Gasteiger partial charge in [0.1, 0.15) is 5.75 Å². The molecule has 6 heteroatoms. The average molecular weight is 302 g/mol. The largest absolute Gasteiger partial charge is 0.496 e. The van der Waals surface area contributed by atoms with E-state index < -0.39 is 12.7 Å². The molecule has 1 heterocycles. The van der Waals surface area contributed by atoms with E-state index in [1.807, 2.05) is 24.3 Å². The summed E-state index contributed by atoms with van der Waals surface area (Å²) < 4.78 is 42.2. The Bertz CT molecular complexity index is 451. The molecule has 0 saturated carbocycles. The van der Waals surface area contributed by atoms with Crippen molar-refractivity contribution in [2.45, 2.75) is 19.1 Å². The molecule has 0 aromatic heterocycles. The number of likely N-dealkylation sites (tertiary alicyclic amines) is 1. The lowest BCUT2D eigenvalue weighted by Gasteiger charge is -2.18. The van der Waals surface area contributed by atoms with Gasteiger partial charge in [-0.1, -0.05) is 18.2 Å². The SMILES string of the molecule is COc1ccccc1CNCC1CCN(CC(F)(F)F)C1. The van der Waals surface area contributed by atoms with Crippen molar-refractivity contribution in [2.75, 3.05) is 33.3 Å². The van der Waals surface area contributed by atoms with Crippen molar-refractivity contribution in [1.29, 1.82) is 0 Å². The van der Waals surface area contributed by atoms with Gasteiger partial charge in [-0.15, -0.1) is 0 Å². The molecule has 21 heavy (non-hydrogen) atoms. The van der Waals surface area contributed by atoms with Gasteiger partial charge in [-0.2, -0.15) is 13.2 Å². The summed E-state index contributed by atoms with van der Waals surface area (Å²) in [7, 11) is 1.63. The molecule has 0 bridgehead atoms. The van der Waals surface area contributed by atoms with Crippen molar-refractivity contribution in [1.82, 2.24) is 10.2 Å². The Kier molecular flexibility index (Phi) is 5.47. The molecule has 0 amide bonds. The van der Waals surface area contributed by atoms with Crippen LogP contribution in [0.2, 0.25) is 0 Å². The van der Waals surface area contributed by atoms with Crippen LogP contribution >= 0.6 is 0 Å². The third kappa shape index (κ3) is 5.21. The molecule has 1 aromatic rings. The summed E-state index contributed by atoms with van der Waals surface area (Å²) in [5.74, 6) is 1.11. The zero-order valence-corrected chi connectivity index (χ0v) is 12.1. The number of nitrogens with zero attached hydrogens (tertiary/aromatic N) is 1. The minimum atomic E-state index is -4.10. The lowest BCUT2D eigenvalue weighted by molar-refractivity contribution is -0.143. The number of para-hydroxylation sites is 1. The first-order valence-corrected chi connectivity index (χ1v) is 7.09. The first-order chi connectivity index (χ1) is 9.98. The summed E-state index contributed by atoms with van der Waals surface area (Å²) in [4.78, 5) is 1.48. The van der Waals surface area contributed by atoms with Crippen LogP contribution in [0.5, 0.6) is 5.75 Å². The fraction of sp³-hybridized carbons (Fsp3) is 0.600. The Morgan fingerprint density at radius 2 is 2.10 bits per heavy atom. The smallest absolute Gasteiger partial charge is 0.401 e. The van der Waals surface area contributed by atoms with Crippen LogP contribution in [0.25, 0.3) is 0 Å². The summed E-state index contributed by atoms with van der Waals surface area (Å²) in [6.07, 6.45) is -3.28. The van der Waals surface area contributed by atoms with E-state index in [1.165, 1.54) is 4.90 Å². The molecule has 1 aliphatic heterocycles. The van der Waals surface area contributed by atoms with Gasteiger partial charge in [-0.3, -0.25) is 4.90 Å². The highest BCUT2D eigenvalue weighted by Gasteiger charge is 2.34. The fourth-order valence-electron chi connectivity index (χ4n) is 2.74. The second-order valence-electron chi connectivity index (χ2n) is 5.45. The molecular formula is C15H21F3N2O. The normalized spacial score (nSPS) is 19.9. The van der Waals surface area contributed by atoms with Gasteiger partial charge in [0.15, 0.2) is 0 Å². The minimum absolute atomic E-state index is 0.280. The Hall–Kier alpha value is -1.27. The van der Waals surface area contributed by atoms with Crippen molar-refractivity contribution in [3.63, 3.8) is 0 Å². The number of alkyl halides is 3. The van der Waals surface area contributed by atoms with Crippen LogP contribution in [0.15, 0.2) is 24.3 Å². The summed E-state index contributed by atoms with van der Waals surface area (Å²) in [6, 6.07) is 7.74. The number of rotatable bonds is 6. The van der Waals surface area contributed by atoms with Gasteiger partial charge in [0.2, 0.25) is 0 Å². The first kappa shape index (κ1) is 16.1. The summed E-state index contributed by atoms with van der Waals surface area (Å²) >= 11 is 0. The average Bonchev–Trinajstić information content (AvgIpc) is 2.84. The first-order valence-electron chi connectivity index (χ1n) is 7.09. The standard InChI is InChI=1S/C15H21F3N2O/c1-21-14-5-3-2-4-13(14)9-19-8-12-6-7-20(10-12)11-15(16,17)18/h2-5,12,19H,6-11H2,1H3. The highest BCUT2D eigenvalue weighted by atomic mass is 19.4. The number of hydrogen-bond acceptors (Lipinski definition) is 3. The number of hydrogen-bond donors (Lipinski definition) is 1. The molecule has 2 rings (SSSR count). The van der Waals surface area contributed by atoms with E-state index in [4.69, 9.17) is 4.74 Å². The van der Waals surface area contributed by atoms with Gasteiger partial charge in [0.25, 0.3) is 0 Å². The van der Waals surface area contributed by atoms with E-state index in [-0.39, 0.29) is 5.92 Å². The van der Waals surface area contributed by atoms with Crippen LogP contribution in [-0.2, 0) is 6.54 Å². The third-order valence-electron chi connectivity index (χ3n) is 3.71. The van der Waals surface area contributed by atoms with E-state index in [0.29, 0.717) is 19.6 Å². The van der Waals surface area contributed by atoms with Gasteiger partial charge >= 0.3 is 6.18 Å². The van der Waals surface area contributed by atoms with Crippen LogP contribution in [0.3, 0.4) is 0 Å². The highest BCUT2D eigenvalue weighted by Crippen LogP contribution is 2.22. The molecular weight excluding hydrogens is 281 g/mol. The second kappa shape index (κ2) is 7.13. The molecule has 1 atom stereocenters. The summed E-state index contributed by atoms with van der Waals surface area (Å²) in [6.45, 7) is 1.64. The van der Waals surface area contributed by atoms with Crippen LogP contribution < -0.4 is 10.1 Å². The lowest BCUT2D eigenvalue weighted by Crippen LogP contribution is -2.33. The number of nitrogens with one attached hydrogen (secondary N) is 1. The van der Waals surface area contributed by atoms with E-state index in [2.05, 4.69) is 5.32 Å². The number of halogens is 3. The van der Waals surface area contributed by atoms with Crippen molar-refractivity contribution in [2.24, 2.45) is 5.92 Å². The molecule has 0 spiro atoms. The van der Waals surface area contributed by atoms with Crippen LogP contribution in [0.4, 0.5) is 13.2 Å². The van der Waals surface area contributed by atoms with Crippen molar-refractivity contribution in [3.8, 4) is 5.75 Å². The highest BCUT2D eigenvalue weighted by molar-refractivity contribution is 5.32. The quantitative estimate of drug-likeness (QED) is 0.874. The topological polar surface area (TPSA) is 24.5 Å². The Balaban J connectivity index is 1.72. The maximum Gasteiger partial charge on any atom is 0.401 e.